The number of nitrogens with one attached hydrogen (secondary N) is 2. The molecule has 6 atom stereocenters. The Morgan fingerprint density at radius 2 is 1.94 bits per heavy atom. The van der Waals surface area contributed by atoms with Crippen molar-refractivity contribution in [2.45, 2.75) is 95.4 Å². The SMILES string of the molecule is C/C=S(/NC(=O)[C@@]12C[C@H]1/C=C\[C@H](C)CCC[C@@H](C)CC(=O)N1CCC[C@H]1C(=O)N2)C1CC1. The van der Waals surface area contributed by atoms with Gasteiger partial charge in [0.15, 0.2) is 0 Å². The Balaban J connectivity index is 1.56. The zero-order chi connectivity index (χ0) is 22.9. The Kier molecular flexibility index (Phi) is 7.13. The van der Waals surface area contributed by atoms with Crippen molar-refractivity contribution in [1.82, 2.24) is 14.9 Å². The van der Waals surface area contributed by atoms with Gasteiger partial charge in [-0.1, -0.05) is 49.5 Å². The molecule has 3 fully saturated rings. The zero-order valence-electron chi connectivity index (χ0n) is 19.8. The average Bonchev–Trinajstić information content (AvgIpc) is 3.66. The average molecular weight is 462 g/mol. The zero-order valence-corrected chi connectivity index (χ0v) is 20.6. The number of amides is 3. The third-order valence-electron chi connectivity index (χ3n) is 7.54. The van der Waals surface area contributed by atoms with Gasteiger partial charge in [0.05, 0.1) is 0 Å². The second-order valence-corrected chi connectivity index (χ2v) is 12.4. The van der Waals surface area contributed by atoms with Gasteiger partial charge in [-0.3, -0.25) is 14.4 Å². The Morgan fingerprint density at radius 3 is 2.66 bits per heavy atom. The van der Waals surface area contributed by atoms with Crippen LogP contribution in [0.3, 0.4) is 0 Å². The normalized spacial score (nSPS) is 38.0. The molecule has 1 saturated heterocycles. The highest BCUT2D eigenvalue weighted by Gasteiger charge is 2.61. The lowest BCUT2D eigenvalue weighted by atomic mass is 9.95. The molecule has 0 aromatic carbocycles. The highest BCUT2D eigenvalue weighted by Crippen LogP contribution is 2.47. The Labute approximate surface area is 195 Å². The molecule has 0 aromatic rings. The topological polar surface area (TPSA) is 78.5 Å². The summed E-state index contributed by atoms with van der Waals surface area (Å²) in [7, 11) is -0.232. The number of carbonyl (C=O) groups is 3. The summed E-state index contributed by atoms with van der Waals surface area (Å²) >= 11 is 0. The van der Waals surface area contributed by atoms with Gasteiger partial charge in [-0.05, 0) is 62.7 Å². The van der Waals surface area contributed by atoms with E-state index in [0.29, 0.717) is 42.9 Å². The molecule has 6 nitrogen and oxygen atoms in total. The summed E-state index contributed by atoms with van der Waals surface area (Å²) in [6.07, 6.45) is 12.5. The van der Waals surface area contributed by atoms with E-state index in [1.807, 2.05) is 6.92 Å². The molecule has 4 rings (SSSR count). The van der Waals surface area contributed by atoms with Crippen molar-refractivity contribution in [2.75, 3.05) is 6.54 Å². The molecule has 3 amide bonds. The van der Waals surface area contributed by atoms with Gasteiger partial charge in [0.25, 0.3) is 5.91 Å². The number of nitrogens with zero attached hydrogens (tertiary/aromatic N) is 1. The van der Waals surface area contributed by atoms with E-state index < -0.39 is 11.6 Å². The molecular formula is C25H39N3O3S. The molecule has 2 aliphatic heterocycles. The fourth-order valence-electron chi connectivity index (χ4n) is 5.20. The van der Waals surface area contributed by atoms with Gasteiger partial charge in [-0.25, -0.2) is 0 Å². The van der Waals surface area contributed by atoms with E-state index in [4.69, 9.17) is 0 Å². The van der Waals surface area contributed by atoms with E-state index in [1.54, 1.807) is 4.90 Å². The van der Waals surface area contributed by atoms with E-state index in [1.165, 1.54) is 0 Å². The van der Waals surface area contributed by atoms with Crippen LogP contribution in [0.1, 0.15) is 78.6 Å². The quantitative estimate of drug-likeness (QED) is 0.498. The Morgan fingerprint density at radius 1 is 1.16 bits per heavy atom. The van der Waals surface area contributed by atoms with E-state index in [-0.39, 0.29) is 34.3 Å². The van der Waals surface area contributed by atoms with Crippen molar-refractivity contribution >= 4 is 33.8 Å². The predicted octanol–water partition coefficient (Wildman–Crippen LogP) is 3.54. The van der Waals surface area contributed by atoms with Crippen LogP contribution in [-0.2, 0) is 14.4 Å². The first-order chi connectivity index (χ1) is 15.3. The number of carbonyl (C=O) groups excluding carboxylic acids is 3. The molecular weight excluding hydrogens is 422 g/mol. The molecule has 7 heteroatoms. The predicted molar refractivity (Wildman–Crippen MR) is 130 cm³/mol. The van der Waals surface area contributed by atoms with Crippen molar-refractivity contribution in [2.24, 2.45) is 17.8 Å². The van der Waals surface area contributed by atoms with Crippen LogP contribution in [0, 0.1) is 17.8 Å². The summed E-state index contributed by atoms with van der Waals surface area (Å²) in [5, 5.41) is 5.78. The van der Waals surface area contributed by atoms with Crippen LogP contribution in [0.5, 0.6) is 0 Å². The smallest absolute Gasteiger partial charge is 0.255 e. The number of hydrogen-bond acceptors (Lipinski definition) is 3. The van der Waals surface area contributed by atoms with Gasteiger partial charge in [-0.15, -0.1) is 0 Å². The van der Waals surface area contributed by atoms with Gasteiger partial charge < -0.3 is 14.9 Å². The molecule has 1 unspecified atom stereocenters. The lowest BCUT2D eigenvalue weighted by Crippen LogP contribution is -2.55. The van der Waals surface area contributed by atoms with Crippen molar-refractivity contribution in [3.05, 3.63) is 12.2 Å². The van der Waals surface area contributed by atoms with Gasteiger partial charge in [0.1, 0.15) is 11.6 Å². The van der Waals surface area contributed by atoms with Crippen LogP contribution in [-0.4, -0.2) is 51.4 Å². The minimum Gasteiger partial charge on any atom is -0.339 e. The highest BCUT2D eigenvalue weighted by atomic mass is 32.2. The minimum atomic E-state index is -0.874. The summed E-state index contributed by atoms with van der Waals surface area (Å²) in [6.45, 7) is 6.99. The Bertz CT molecular complexity index is 821. The van der Waals surface area contributed by atoms with E-state index in [9.17, 15) is 14.4 Å². The molecule has 0 aromatic heterocycles. The maximum atomic E-state index is 13.4. The molecule has 178 valence electrons. The van der Waals surface area contributed by atoms with Crippen LogP contribution in [0.2, 0.25) is 0 Å². The van der Waals surface area contributed by atoms with Crippen LogP contribution >= 0.6 is 10.7 Å². The fraction of sp³-hybridized carbons (Fsp3) is 0.760. The van der Waals surface area contributed by atoms with Crippen molar-refractivity contribution in [3.63, 3.8) is 0 Å². The summed E-state index contributed by atoms with van der Waals surface area (Å²) in [5.74, 6) is 0.625. The van der Waals surface area contributed by atoms with E-state index >= 15 is 0 Å². The lowest BCUT2D eigenvalue weighted by Gasteiger charge is -2.28. The van der Waals surface area contributed by atoms with E-state index in [0.717, 1.165) is 38.5 Å². The van der Waals surface area contributed by atoms with Gasteiger partial charge in [0, 0.05) is 24.1 Å². The second kappa shape index (κ2) is 9.70. The molecule has 0 radical (unpaired) electrons. The largest absolute Gasteiger partial charge is 0.339 e. The third kappa shape index (κ3) is 5.13. The maximum Gasteiger partial charge on any atom is 0.255 e. The molecule has 4 aliphatic rings. The monoisotopic (exact) mass is 461 g/mol. The molecule has 2 heterocycles. The summed E-state index contributed by atoms with van der Waals surface area (Å²) in [5.41, 5.74) is -0.874. The second-order valence-electron chi connectivity index (χ2n) is 10.4. The first-order valence-corrected chi connectivity index (χ1v) is 13.8. The van der Waals surface area contributed by atoms with Crippen molar-refractivity contribution in [3.8, 4) is 0 Å². The van der Waals surface area contributed by atoms with Crippen LogP contribution in [0.4, 0.5) is 0 Å². The van der Waals surface area contributed by atoms with Crippen LogP contribution < -0.4 is 10.0 Å². The number of fused-ring (bicyclic) bond motifs is 2. The summed E-state index contributed by atoms with van der Waals surface area (Å²) < 4.78 is 3.24. The maximum absolute atomic E-state index is 13.4. The lowest BCUT2D eigenvalue weighted by molar-refractivity contribution is -0.140. The molecule has 0 spiro atoms. The molecule has 2 N–H and O–H groups in total. The Hall–Kier alpha value is -1.63. The van der Waals surface area contributed by atoms with E-state index in [2.05, 4.69) is 41.4 Å². The molecule has 0 bridgehead atoms. The third-order valence-corrected chi connectivity index (χ3v) is 9.66. The first-order valence-electron chi connectivity index (χ1n) is 12.5. The summed E-state index contributed by atoms with van der Waals surface area (Å²) in [4.78, 5) is 41.5. The van der Waals surface area contributed by atoms with Crippen molar-refractivity contribution in [1.29, 1.82) is 0 Å². The molecule has 32 heavy (non-hydrogen) atoms. The first kappa shape index (κ1) is 23.5. The number of rotatable bonds is 3. The van der Waals surface area contributed by atoms with Crippen LogP contribution in [0.25, 0.3) is 0 Å². The minimum absolute atomic E-state index is 0.0185. The van der Waals surface area contributed by atoms with Crippen molar-refractivity contribution < 1.29 is 14.4 Å². The van der Waals surface area contributed by atoms with Gasteiger partial charge >= 0.3 is 0 Å². The van der Waals surface area contributed by atoms with Gasteiger partial charge in [-0.2, -0.15) is 0 Å². The highest BCUT2D eigenvalue weighted by molar-refractivity contribution is 8.14. The number of allylic oxidation sites excluding steroid dienone is 1. The van der Waals surface area contributed by atoms with Gasteiger partial charge in [0.2, 0.25) is 11.8 Å². The van der Waals surface area contributed by atoms with Crippen LogP contribution in [0.15, 0.2) is 12.2 Å². The fourth-order valence-corrected chi connectivity index (χ4v) is 6.91. The molecule has 2 aliphatic carbocycles. The standard InChI is InChI=1S/C25H39N3O3S/c1-4-32(20-12-13-20)27-24(31)25-16-19(25)11-10-17(2)7-5-8-18(3)15-22(29)28-14-6-9-21(28)23(30)26-25/h4,10-11,17-21H,5-9,12-16H2,1-3H3,(H,26,30)(H,27,31)/b11-10-/t17-,18-,19-,21+,25-,32?/m1/s1. The number of hydrogen-bond donors (Lipinski definition) is 2. The molecule has 2 saturated carbocycles. The summed E-state index contributed by atoms with van der Waals surface area (Å²) in [6, 6.07) is -0.451.